The van der Waals surface area contributed by atoms with Crippen LogP contribution in [0.15, 0.2) is 35.3 Å². The van der Waals surface area contributed by atoms with E-state index in [0.717, 1.165) is 44.4 Å². The molecule has 0 bridgehead atoms. The minimum atomic E-state index is 0.498. The smallest absolute Gasteiger partial charge is 0.191 e. The van der Waals surface area contributed by atoms with Crippen molar-refractivity contribution in [1.82, 2.24) is 20.4 Å². The predicted octanol–water partition coefficient (Wildman–Crippen LogP) is 1.26. The molecule has 0 spiro atoms. The van der Waals surface area contributed by atoms with Crippen LogP contribution in [-0.2, 0) is 0 Å². The molecular formula is C19H33N5O. The van der Waals surface area contributed by atoms with E-state index in [-0.39, 0.29) is 0 Å². The molecule has 0 saturated carbocycles. The van der Waals surface area contributed by atoms with Crippen molar-refractivity contribution in [3.63, 3.8) is 0 Å². The third-order valence-electron chi connectivity index (χ3n) is 4.67. The molecule has 2 N–H and O–H groups in total. The van der Waals surface area contributed by atoms with Gasteiger partial charge >= 0.3 is 0 Å². The molecule has 1 unspecified atom stereocenters. The van der Waals surface area contributed by atoms with Crippen LogP contribution >= 0.6 is 0 Å². The number of rotatable bonds is 8. The molecule has 1 heterocycles. The topological polar surface area (TPSA) is 52.1 Å². The normalized spacial score (nSPS) is 18.0. The molecule has 6 heteroatoms. The standard InChI is InChI=1S/C19H33N5O/c1-4-23-11-13-24(14-12-23)17(2)16-22-19(20-3)21-10-15-25-18-8-6-5-7-9-18/h5-9,17H,4,10-16H2,1-3H3,(H2,20,21,22). The SMILES string of the molecule is CCN1CCN(C(C)CNC(=NC)NCCOc2ccccc2)CC1. The zero-order valence-electron chi connectivity index (χ0n) is 15.9. The summed E-state index contributed by atoms with van der Waals surface area (Å²) in [5.41, 5.74) is 0. The summed E-state index contributed by atoms with van der Waals surface area (Å²) < 4.78 is 5.68. The van der Waals surface area contributed by atoms with E-state index >= 15 is 0 Å². The van der Waals surface area contributed by atoms with Crippen molar-refractivity contribution in [3.05, 3.63) is 30.3 Å². The summed E-state index contributed by atoms with van der Waals surface area (Å²) in [4.78, 5) is 9.34. The molecule has 0 radical (unpaired) electrons. The highest BCUT2D eigenvalue weighted by Gasteiger charge is 2.20. The van der Waals surface area contributed by atoms with E-state index in [4.69, 9.17) is 4.74 Å². The number of nitrogens with zero attached hydrogens (tertiary/aromatic N) is 3. The molecule has 25 heavy (non-hydrogen) atoms. The van der Waals surface area contributed by atoms with Crippen LogP contribution in [0, 0.1) is 0 Å². The number of hydrogen-bond acceptors (Lipinski definition) is 4. The average Bonchev–Trinajstić information content (AvgIpc) is 2.68. The zero-order chi connectivity index (χ0) is 17.9. The number of para-hydroxylation sites is 1. The number of hydrogen-bond donors (Lipinski definition) is 2. The number of guanidine groups is 1. The summed E-state index contributed by atoms with van der Waals surface area (Å²) in [6.07, 6.45) is 0. The molecule has 1 atom stereocenters. The van der Waals surface area contributed by atoms with E-state index < -0.39 is 0 Å². The lowest BCUT2D eigenvalue weighted by Gasteiger charge is -2.37. The van der Waals surface area contributed by atoms with E-state index in [2.05, 4.69) is 39.3 Å². The van der Waals surface area contributed by atoms with Crippen LogP contribution < -0.4 is 15.4 Å². The predicted molar refractivity (Wildman–Crippen MR) is 104 cm³/mol. The van der Waals surface area contributed by atoms with E-state index in [1.54, 1.807) is 7.05 Å². The van der Waals surface area contributed by atoms with Crippen LogP contribution in [0.1, 0.15) is 13.8 Å². The lowest BCUT2D eigenvalue weighted by atomic mass is 10.2. The molecule has 2 rings (SSSR count). The molecule has 1 saturated heterocycles. The number of piperazine rings is 1. The van der Waals surface area contributed by atoms with Crippen LogP contribution in [0.2, 0.25) is 0 Å². The number of likely N-dealkylation sites (N-methyl/N-ethyl adjacent to an activating group) is 1. The Morgan fingerprint density at radius 2 is 1.88 bits per heavy atom. The Morgan fingerprint density at radius 3 is 2.52 bits per heavy atom. The van der Waals surface area contributed by atoms with Gasteiger partial charge in [0.05, 0.1) is 6.54 Å². The van der Waals surface area contributed by atoms with Gasteiger partial charge in [-0.3, -0.25) is 9.89 Å². The summed E-state index contributed by atoms with van der Waals surface area (Å²) in [7, 11) is 1.80. The first-order valence-corrected chi connectivity index (χ1v) is 9.31. The molecular weight excluding hydrogens is 314 g/mol. The van der Waals surface area contributed by atoms with Gasteiger partial charge in [0.1, 0.15) is 12.4 Å². The Labute approximate surface area is 152 Å². The van der Waals surface area contributed by atoms with Crippen molar-refractivity contribution in [3.8, 4) is 5.75 Å². The van der Waals surface area contributed by atoms with Gasteiger partial charge in [0.2, 0.25) is 0 Å². The summed E-state index contributed by atoms with van der Waals surface area (Å²) >= 11 is 0. The van der Waals surface area contributed by atoms with E-state index in [1.807, 2.05) is 30.3 Å². The maximum absolute atomic E-state index is 5.68. The van der Waals surface area contributed by atoms with E-state index in [9.17, 15) is 0 Å². The van der Waals surface area contributed by atoms with Crippen molar-refractivity contribution in [2.45, 2.75) is 19.9 Å². The van der Waals surface area contributed by atoms with Crippen LogP contribution in [0.25, 0.3) is 0 Å². The van der Waals surface area contributed by atoms with Crippen LogP contribution in [-0.4, -0.2) is 81.3 Å². The Bertz CT molecular complexity index is 500. The Balaban J connectivity index is 1.61. The summed E-state index contributed by atoms with van der Waals surface area (Å²) in [5, 5.41) is 6.72. The molecule has 1 aromatic rings. The second-order valence-electron chi connectivity index (χ2n) is 6.36. The van der Waals surface area contributed by atoms with Gasteiger partial charge < -0.3 is 20.3 Å². The highest BCUT2D eigenvalue weighted by Crippen LogP contribution is 2.07. The monoisotopic (exact) mass is 347 g/mol. The van der Waals surface area contributed by atoms with Crippen molar-refractivity contribution in [2.24, 2.45) is 4.99 Å². The van der Waals surface area contributed by atoms with Gasteiger partial charge in [-0.05, 0) is 25.6 Å². The number of ether oxygens (including phenoxy) is 1. The first-order chi connectivity index (χ1) is 12.2. The Morgan fingerprint density at radius 1 is 1.16 bits per heavy atom. The first kappa shape index (κ1) is 19.5. The maximum Gasteiger partial charge on any atom is 0.191 e. The second-order valence-corrected chi connectivity index (χ2v) is 6.36. The van der Waals surface area contributed by atoms with Gasteiger partial charge in [0.15, 0.2) is 5.96 Å². The number of benzene rings is 1. The second kappa shape index (κ2) is 10.9. The van der Waals surface area contributed by atoms with Gasteiger partial charge in [-0.1, -0.05) is 25.1 Å². The lowest BCUT2D eigenvalue weighted by Crippen LogP contribution is -2.53. The molecule has 0 amide bonds. The fourth-order valence-corrected chi connectivity index (χ4v) is 2.97. The van der Waals surface area contributed by atoms with Gasteiger partial charge in [0.25, 0.3) is 0 Å². The largest absolute Gasteiger partial charge is 0.492 e. The molecule has 0 aromatic heterocycles. The third kappa shape index (κ3) is 6.92. The first-order valence-electron chi connectivity index (χ1n) is 9.31. The quantitative estimate of drug-likeness (QED) is 0.421. The van der Waals surface area contributed by atoms with Gasteiger partial charge in [-0.15, -0.1) is 0 Å². The molecule has 1 aromatic carbocycles. The van der Waals surface area contributed by atoms with Gasteiger partial charge in [-0.25, -0.2) is 0 Å². The molecule has 1 fully saturated rings. The molecule has 140 valence electrons. The zero-order valence-corrected chi connectivity index (χ0v) is 15.9. The highest BCUT2D eigenvalue weighted by molar-refractivity contribution is 5.79. The molecule has 0 aliphatic carbocycles. The summed E-state index contributed by atoms with van der Waals surface area (Å²) in [5.74, 6) is 1.72. The average molecular weight is 348 g/mol. The molecule has 1 aliphatic heterocycles. The fourth-order valence-electron chi connectivity index (χ4n) is 2.97. The van der Waals surface area contributed by atoms with E-state index in [0.29, 0.717) is 12.6 Å². The third-order valence-corrected chi connectivity index (χ3v) is 4.67. The summed E-state index contributed by atoms with van der Waals surface area (Å²) in [6, 6.07) is 10.4. The maximum atomic E-state index is 5.68. The highest BCUT2D eigenvalue weighted by atomic mass is 16.5. The van der Waals surface area contributed by atoms with Crippen molar-refractivity contribution in [2.75, 3.05) is 59.5 Å². The number of aliphatic imine (C=N–C) groups is 1. The van der Waals surface area contributed by atoms with Crippen molar-refractivity contribution in [1.29, 1.82) is 0 Å². The van der Waals surface area contributed by atoms with Gasteiger partial charge in [-0.2, -0.15) is 0 Å². The minimum Gasteiger partial charge on any atom is -0.492 e. The molecule has 1 aliphatic rings. The summed E-state index contributed by atoms with van der Waals surface area (Å²) in [6.45, 7) is 12.5. The van der Waals surface area contributed by atoms with Crippen molar-refractivity contribution >= 4 is 5.96 Å². The van der Waals surface area contributed by atoms with Crippen LogP contribution in [0.3, 0.4) is 0 Å². The number of nitrogens with one attached hydrogen (secondary N) is 2. The Hall–Kier alpha value is -1.79. The van der Waals surface area contributed by atoms with Crippen LogP contribution in [0.5, 0.6) is 5.75 Å². The van der Waals surface area contributed by atoms with E-state index in [1.165, 1.54) is 13.1 Å². The molecule has 6 nitrogen and oxygen atoms in total. The Kier molecular flexibility index (Phi) is 8.55. The van der Waals surface area contributed by atoms with Gasteiger partial charge in [0, 0.05) is 45.8 Å². The van der Waals surface area contributed by atoms with Crippen LogP contribution in [0.4, 0.5) is 0 Å². The lowest BCUT2D eigenvalue weighted by molar-refractivity contribution is 0.107. The minimum absolute atomic E-state index is 0.498. The van der Waals surface area contributed by atoms with Crippen molar-refractivity contribution < 1.29 is 4.74 Å². The fraction of sp³-hybridized carbons (Fsp3) is 0.632.